The first-order valence-electron chi connectivity index (χ1n) is 11.3. The highest BCUT2D eigenvalue weighted by Crippen LogP contribution is 2.27. The Morgan fingerprint density at radius 1 is 1.10 bits per heavy atom. The van der Waals surface area contributed by atoms with Gasteiger partial charge in [0.05, 0.1) is 17.8 Å². The second kappa shape index (κ2) is 9.29. The van der Waals surface area contributed by atoms with E-state index in [1.807, 2.05) is 16.7 Å². The maximum absolute atomic E-state index is 12.8. The van der Waals surface area contributed by atoms with E-state index in [0.29, 0.717) is 44.7 Å². The summed E-state index contributed by atoms with van der Waals surface area (Å²) in [5.74, 6) is 1.28. The number of H-pyrrole nitrogens is 1. The number of amides is 2. The number of nitrogens with one attached hydrogen (secondary N) is 1. The summed E-state index contributed by atoms with van der Waals surface area (Å²) < 4.78 is 5.36. The van der Waals surface area contributed by atoms with Crippen molar-refractivity contribution in [2.24, 2.45) is 5.92 Å². The van der Waals surface area contributed by atoms with Gasteiger partial charge in [-0.1, -0.05) is 6.92 Å². The molecule has 8 heteroatoms. The summed E-state index contributed by atoms with van der Waals surface area (Å²) in [5.41, 5.74) is 1.33. The van der Waals surface area contributed by atoms with Gasteiger partial charge in [0.15, 0.2) is 0 Å². The molecular weight excluding hydrogens is 384 g/mol. The summed E-state index contributed by atoms with van der Waals surface area (Å²) in [6.07, 6.45) is 5.25. The zero-order chi connectivity index (χ0) is 21.1. The van der Waals surface area contributed by atoms with E-state index in [2.05, 4.69) is 4.98 Å². The summed E-state index contributed by atoms with van der Waals surface area (Å²) in [6.45, 7) is 5.69. The third-order valence-corrected chi connectivity index (χ3v) is 6.67. The molecule has 0 radical (unpaired) electrons. The highest BCUT2D eigenvalue weighted by molar-refractivity contribution is 5.79. The van der Waals surface area contributed by atoms with Crippen LogP contribution in [0.5, 0.6) is 0 Å². The van der Waals surface area contributed by atoms with Gasteiger partial charge in [0.1, 0.15) is 5.82 Å². The van der Waals surface area contributed by atoms with Crippen LogP contribution in [0, 0.1) is 5.92 Å². The Bertz CT molecular complexity index is 838. The standard InChI is InChI=1S/C22H32N4O4/c1-2-3-19(27)25-9-4-15(5-10-25)20-23-18-6-11-26(14-17(18)21(28)24-20)22(29)16-7-12-30-13-8-16/h15-16H,2-14H2,1H3,(H,23,24,28). The maximum Gasteiger partial charge on any atom is 0.256 e. The zero-order valence-electron chi connectivity index (χ0n) is 17.8. The molecule has 0 unspecified atom stereocenters. The lowest BCUT2D eigenvalue weighted by Crippen LogP contribution is -2.44. The van der Waals surface area contributed by atoms with Crippen LogP contribution in [0.2, 0.25) is 0 Å². The van der Waals surface area contributed by atoms with Crippen molar-refractivity contribution in [3.63, 3.8) is 0 Å². The van der Waals surface area contributed by atoms with Gasteiger partial charge in [-0.3, -0.25) is 14.4 Å². The summed E-state index contributed by atoms with van der Waals surface area (Å²) >= 11 is 0. The lowest BCUT2D eigenvalue weighted by Gasteiger charge is -2.34. The molecule has 0 saturated carbocycles. The Balaban J connectivity index is 1.42. The van der Waals surface area contributed by atoms with Crippen molar-refractivity contribution < 1.29 is 14.3 Å². The van der Waals surface area contributed by atoms with Crippen LogP contribution in [0.15, 0.2) is 4.79 Å². The van der Waals surface area contributed by atoms with Gasteiger partial charge in [0.25, 0.3) is 5.56 Å². The predicted molar refractivity (Wildman–Crippen MR) is 111 cm³/mol. The van der Waals surface area contributed by atoms with Gasteiger partial charge in [-0.05, 0) is 32.1 Å². The second-order valence-corrected chi connectivity index (χ2v) is 8.68. The highest BCUT2D eigenvalue weighted by atomic mass is 16.5. The van der Waals surface area contributed by atoms with E-state index in [1.54, 1.807) is 0 Å². The number of rotatable bonds is 4. The molecule has 1 aromatic heterocycles. The van der Waals surface area contributed by atoms with Crippen LogP contribution in [0.3, 0.4) is 0 Å². The first-order chi connectivity index (χ1) is 14.6. The van der Waals surface area contributed by atoms with E-state index in [1.165, 1.54) is 0 Å². The van der Waals surface area contributed by atoms with Gasteiger partial charge >= 0.3 is 0 Å². The Hall–Kier alpha value is -2.22. The number of aromatic amines is 1. The third-order valence-electron chi connectivity index (χ3n) is 6.67. The first kappa shape index (κ1) is 21.0. The Labute approximate surface area is 177 Å². The summed E-state index contributed by atoms with van der Waals surface area (Å²) in [4.78, 5) is 49.3. The Morgan fingerprint density at radius 2 is 1.83 bits per heavy atom. The van der Waals surface area contributed by atoms with Gasteiger partial charge < -0.3 is 19.5 Å². The van der Waals surface area contributed by atoms with E-state index in [-0.39, 0.29) is 29.2 Å². The molecule has 2 amide bonds. The van der Waals surface area contributed by atoms with E-state index in [4.69, 9.17) is 9.72 Å². The smallest absolute Gasteiger partial charge is 0.256 e. The number of carbonyl (C=O) groups excluding carboxylic acids is 2. The van der Waals surface area contributed by atoms with Crippen molar-refractivity contribution >= 4 is 11.8 Å². The molecule has 0 aromatic carbocycles. The van der Waals surface area contributed by atoms with E-state index < -0.39 is 0 Å². The fraction of sp³-hybridized carbons (Fsp3) is 0.727. The molecule has 30 heavy (non-hydrogen) atoms. The molecule has 1 aromatic rings. The van der Waals surface area contributed by atoms with Crippen molar-refractivity contribution in [2.75, 3.05) is 32.8 Å². The molecule has 0 spiro atoms. The van der Waals surface area contributed by atoms with Crippen molar-refractivity contribution in [3.05, 3.63) is 27.4 Å². The average Bonchev–Trinajstić information content (AvgIpc) is 2.79. The maximum atomic E-state index is 12.8. The molecule has 0 bridgehead atoms. The largest absolute Gasteiger partial charge is 0.381 e. The topological polar surface area (TPSA) is 95.6 Å². The van der Waals surface area contributed by atoms with Crippen LogP contribution in [-0.4, -0.2) is 64.4 Å². The van der Waals surface area contributed by atoms with Crippen LogP contribution in [0.1, 0.15) is 68.4 Å². The van der Waals surface area contributed by atoms with Gasteiger partial charge in [0, 0.05) is 57.5 Å². The number of hydrogen-bond acceptors (Lipinski definition) is 5. The van der Waals surface area contributed by atoms with Crippen LogP contribution < -0.4 is 5.56 Å². The molecule has 2 fully saturated rings. The predicted octanol–water partition coefficient (Wildman–Crippen LogP) is 1.59. The lowest BCUT2D eigenvalue weighted by atomic mass is 9.94. The number of nitrogens with zero attached hydrogens (tertiary/aromatic N) is 3. The number of fused-ring (bicyclic) bond motifs is 1. The van der Waals surface area contributed by atoms with Crippen molar-refractivity contribution in [1.29, 1.82) is 0 Å². The number of carbonyl (C=O) groups is 2. The van der Waals surface area contributed by atoms with Gasteiger partial charge in [-0.25, -0.2) is 4.98 Å². The number of piperidine rings is 1. The van der Waals surface area contributed by atoms with Crippen LogP contribution in [0.4, 0.5) is 0 Å². The SMILES string of the molecule is CCCC(=O)N1CCC(c2nc3c(c(=O)[nH]2)CN(C(=O)C2CCOCC2)CC3)CC1. The van der Waals surface area contributed by atoms with Crippen molar-refractivity contribution in [3.8, 4) is 0 Å². The minimum atomic E-state index is -0.121. The quantitative estimate of drug-likeness (QED) is 0.804. The molecule has 0 atom stereocenters. The van der Waals surface area contributed by atoms with Gasteiger partial charge in [-0.15, -0.1) is 0 Å². The fourth-order valence-corrected chi connectivity index (χ4v) is 4.80. The average molecular weight is 417 g/mol. The molecule has 3 aliphatic rings. The molecule has 4 heterocycles. The molecule has 164 valence electrons. The molecule has 1 N–H and O–H groups in total. The van der Waals surface area contributed by atoms with Crippen LogP contribution in [-0.2, 0) is 27.3 Å². The second-order valence-electron chi connectivity index (χ2n) is 8.68. The highest BCUT2D eigenvalue weighted by Gasteiger charge is 2.31. The third kappa shape index (κ3) is 4.43. The number of likely N-dealkylation sites (tertiary alicyclic amines) is 1. The molecule has 8 nitrogen and oxygen atoms in total. The van der Waals surface area contributed by atoms with Gasteiger partial charge in [-0.2, -0.15) is 0 Å². The first-order valence-corrected chi connectivity index (χ1v) is 11.3. The lowest BCUT2D eigenvalue weighted by molar-refractivity contribution is -0.139. The Morgan fingerprint density at radius 3 is 2.53 bits per heavy atom. The minimum absolute atomic E-state index is 0.00668. The molecule has 0 aliphatic carbocycles. The summed E-state index contributed by atoms with van der Waals surface area (Å²) in [7, 11) is 0. The van der Waals surface area contributed by atoms with Crippen molar-refractivity contribution in [1.82, 2.24) is 19.8 Å². The monoisotopic (exact) mass is 416 g/mol. The van der Waals surface area contributed by atoms with E-state index in [0.717, 1.165) is 56.7 Å². The molecule has 3 aliphatic heterocycles. The normalized spacial score (nSPS) is 20.8. The summed E-state index contributed by atoms with van der Waals surface area (Å²) in [6, 6.07) is 0. The molecule has 2 saturated heterocycles. The van der Waals surface area contributed by atoms with Crippen LogP contribution in [0.25, 0.3) is 0 Å². The zero-order valence-corrected chi connectivity index (χ0v) is 17.8. The van der Waals surface area contributed by atoms with E-state index in [9.17, 15) is 14.4 Å². The molecular formula is C22H32N4O4. The summed E-state index contributed by atoms with van der Waals surface area (Å²) in [5, 5.41) is 0. The Kier molecular flexibility index (Phi) is 6.51. The molecule has 4 rings (SSSR count). The number of aromatic nitrogens is 2. The fourth-order valence-electron chi connectivity index (χ4n) is 4.80. The van der Waals surface area contributed by atoms with Crippen molar-refractivity contribution in [2.45, 2.75) is 64.3 Å². The minimum Gasteiger partial charge on any atom is -0.381 e. The van der Waals surface area contributed by atoms with E-state index >= 15 is 0 Å². The number of ether oxygens (including phenoxy) is 1. The van der Waals surface area contributed by atoms with Gasteiger partial charge in [0.2, 0.25) is 11.8 Å². The number of hydrogen-bond donors (Lipinski definition) is 1. The van der Waals surface area contributed by atoms with Crippen LogP contribution >= 0.6 is 0 Å².